The topological polar surface area (TPSA) is 69.2 Å². The number of benzene rings is 1. The van der Waals surface area contributed by atoms with Gasteiger partial charge in [-0.15, -0.1) is 0 Å². The Morgan fingerprint density at radius 2 is 2.19 bits per heavy atom. The lowest BCUT2D eigenvalue weighted by Crippen LogP contribution is -2.13. The summed E-state index contributed by atoms with van der Waals surface area (Å²) in [5.74, 6) is -0.759. The summed E-state index contributed by atoms with van der Waals surface area (Å²) in [6, 6.07) is 4.16. The second kappa shape index (κ2) is 3.83. The molecule has 1 aliphatic carbocycles. The second-order valence-electron chi connectivity index (χ2n) is 4.24. The molecule has 2 rings (SSSR count). The van der Waals surface area contributed by atoms with Gasteiger partial charge in [-0.05, 0) is 42.9 Å². The van der Waals surface area contributed by atoms with Crippen LogP contribution in [0.5, 0.6) is 0 Å². The molecule has 1 saturated carbocycles. The van der Waals surface area contributed by atoms with Gasteiger partial charge in [-0.2, -0.15) is 4.39 Å². The molecule has 0 unspecified atom stereocenters. The molecule has 0 saturated heterocycles. The van der Waals surface area contributed by atoms with E-state index in [1.807, 2.05) is 0 Å². The van der Waals surface area contributed by atoms with E-state index in [0.29, 0.717) is 6.54 Å². The molecule has 4 nitrogen and oxygen atoms in total. The first-order valence-corrected chi connectivity index (χ1v) is 5.23. The van der Waals surface area contributed by atoms with Gasteiger partial charge in [-0.25, -0.2) is 0 Å². The lowest BCUT2D eigenvalue weighted by molar-refractivity contribution is -0.387. The van der Waals surface area contributed by atoms with E-state index >= 15 is 0 Å². The quantitative estimate of drug-likeness (QED) is 0.629. The molecule has 1 fully saturated rings. The molecule has 1 aliphatic rings. The van der Waals surface area contributed by atoms with Gasteiger partial charge in [-0.1, -0.05) is 6.07 Å². The van der Waals surface area contributed by atoms with Crippen molar-refractivity contribution >= 4 is 5.69 Å². The van der Waals surface area contributed by atoms with E-state index in [1.165, 1.54) is 12.1 Å². The Morgan fingerprint density at radius 1 is 1.50 bits per heavy atom. The molecule has 2 N–H and O–H groups in total. The molecule has 0 bridgehead atoms. The summed E-state index contributed by atoms with van der Waals surface area (Å²) in [5.41, 5.74) is 5.85. The molecule has 0 radical (unpaired) electrons. The number of nitrogens with zero attached hydrogens (tertiary/aromatic N) is 1. The van der Waals surface area contributed by atoms with Gasteiger partial charge in [0.05, 0.1) is 4.92 Å². The monoisotopic (exact) mass is 224 g/mol. The summed E-state index contributed by atoms with van der Waals surface area (Å²) in [5, 5.41) is 10.5. The Hall–Kier alpha value is -1.49. The van der Waals surface area contributed by atoms with Crippen LogP contribution in [-0.4, -0.2) is 11.5 Å². The highest BCUT2D eigenvalue weighted by molar-refractivity contribution is 5.40. The fraction of sp³-hybridized carbons (Fsp3) is 0.455. The molecule has 16 heavy (non-hydrogen) atoms. The molecule has 0 heterocycles. The minimum absolute atomic E-state index is 0.0231. The third-order valence-corrected chi connectivity index (χ3v) is 3.23. The summed E-state index contributed by atoms with van der Waals surface area (Å²) >= 11 is 0. The highest BCUT2D eigenvalue weighted by Crippen LogP contribution is 2.51. The molecular weight excluding hydrogens is 211 g/mol. The van der Waals surface area contributed by atoms with Crippen LogP contribution in [0.2, 0.25) is 0 Å². The van der Waals surface area contributed by atoms with Crippen LogP contribution in [0, 0.1) is 15.9 Å². The van der Waals surface area contributed by atoms with Crippen LogP contribution in [0.4, 0.5) is 10.1 Å². The first-order chi connectivity index (χ1) is 7.59. The smallest absolute Gasteiger partial charge is 0.304 e. The molecule has 0 atom stereocenters. The number of hydrogen-bond acceptors (Lipinski definition) is 3. The van der Waals surface area contributed by atoms with Gasteiger partial charge < -0.3 is 5.73 Å². The van der Waals surface area contributed by atoms with Crippen LogP contribution < -0.4 is 5.73 Å². The fourth-order valence-electron chi connectivity index (χ4n) is 2.10. The molecule has 0 aromatic heterocycles. The van der Waals surface area contributed by atoms with Gasteiger partial charge in [0.2, 0.25) is 5.82 Å². The van der Waals surface area contributed by atoms with Crippen molar-refractivity contribution in [3.63, 3.8) is 0 Å². The molecule has 1 aromatic rings. The number of nitro benzene ring substituents is 1. The number of halogens is 1. The zero-order valence-electron chi connectivity index (χ0n) is 8.78. The van der Waals surface area contributed by atoms with Gasteiger partial charge in [-0.3, -0.25) is 10.1 Å². The van der Waals surface area contributed by atoms with E-state index in [2.05, 4.69) is 0 Å². The van der Waals surface area contributed by atoms with E-state index in [1.54, 1.807) is 6.07 Å². The van der Waals surface area contributed by atoms with E-state index in [0.717, 1.165) is 24.8 Å². The Balaban J connectivity index is 2.31. The lowest BCUT2D eigenvalue weighted by Gasteiger charge is -2.14. The Morgan fingerprint density at radius 3 is 2.62 bits per heavy atom. The Kier molecular flexibility index (Phi) is 2.63. The molecule has 0 aliphatic heterocycles. The fourth-order valence-corrected chi connectivity index (χ4v) is 2.10. The number of nitro groups is 1. The molecular formula is C11H13FN2O2. The number of hydrogen-bond donors (Lipinski definition) is 1. The maximum atomic E-state index is 13.4. The van der Waals surface area contributed by atoms with Crippen LogP contribution in [0.25, 0.3) is 0 Å². The summed E-state index contributed by atoms with van der Waals surface area (Å²) in [6.07, 6.45) is 2.78. The van der Waals surface area contributed by atoms with Crippen molar-refractivity contribution in [2.45, 2.75) is 24.7 Å². The van der Waals surface area contributed by atoms with Crippen LogP contribution in [-0.2, 0) is 5.41 Å². The van der Waals surface area contributed by atoms with Gasteiger partial charge in [0.1, 0.15) is 0 Å². The molecule has 1 aromatic carbocycles. The van der Waals surface area contributed by atoms with Crippen molar-refractivity contribution in [1.29, 1.82) is 0 Å². The first-order valence-electron chi connectivity index (χ1n) is 5.23. The van der Waals surface area contributed by atoms with Crippen molar-refractivity contribution in [2.75, 3.05) is 6.54 Å². The minimum atomic E-state index is -0.759. The van der Waals surface area contributed by atoms with Crippen LogP contribution in [0.15, 0.2) is 18.2 Å². The standard InChI is InChI=1S/C11H13FN2O2/c12-9-7-8(1-2-10(9)14(15)16)11(3-4-11)5-6-13/h1-2,7H,3-6,13H2. The minimum Gasteiger partial charge on any atom is -0.330 e. The molecule has 5 heteroatoms. The van der Waals surface area contributed by atoms with Crippen LogP contribution >= 0.6 is 0 Å². The summed E-state index contributed by atoms with van der Waals surface area (Å²) in [6.45, 7) is 0.554. The second-order valence-corrected chi connectivity index (χ2v) is 4.24. The van der Waals surface area contributed by atoms with Crippen LogP contribution in [0.1, 0.15) is 24.8 Å². The van der Waals surface area contributed by atoms with Gasteiger partial charge in [0, 0.05) is 6.07 Å². The average molecular weight is 224 g/mol. The largest absolute Gasteiger partial charge is 0.330 e. The average Bonchev–Trinajstić information content (AvgIpc) is 2.99. The SMILES string of the molecule is NCCC1(c2ccc([N+](=O)[O-])c(F)c2)CC1. The predicted octanol–water partition coefficient (Wildman–Crippen LogP) is 2.11. The van der Waals surface area contributed by atoms with Crippen molar-refractivity contribution in [1.82, 2.24) is 0 Å². The summed E-state index contributed by atoms with van der Waals surface area (Å²) in [7, 11) is 0. The summed E-state index contributed by atoms with van der Waals surface area (Å²) in [4.78, 5) is 9.76. The molecule has 0 amide bonds. The van der Waals surface area contributed by atoms with E-state index in [-0.39, 0.29) is 5.41 Å². The zero-order valence-corrected chi connectivity index (χ0v) is 8.78. The number of nitrogens with two attached hydrogens (primary N) is 1. The Labute approximate surface area is 92.4 Å². The highest BCUT2D eigenvalue weighted by atomic mass is 19.1. The van der Waals surface area contributed by atoms with E-state index < -0.39 is 16.4 Å². The molecule has 86 valence electrons. The van der Waals surface area contributed by atoms with Crippen molar-refractivity contribution in [3.05, 3.63) is 39.7 Å². The van der Waals surface area contributed by atoms with Gasteiger partial charge in [0.25, 0.3) is 0 Å². The third-order valence-electron chi connectivity index (χ3n) is 3.23. The Bertz CT molecular complexity index is 430. The van der Waals surface area contributed by atoms with E-state index in [9.17, 15) is 14.5 Å². The molecule has 0 spiro atoms. The van der Waals surface area contributed by atoms with Gasteiger partial charge in [0.15, 0.2) is 0 Å². The van der Waals surface area contributed by atoms with Crippen molar-refractivity contribution in [2.24, 2.45) is 5.73 Å². The highest BCUT2D eigenvalue weighted by Gasteiger charge is 2.43. The predicted molar refractivity (Wildman–Crippen MR) is 57.6 cm³/mol. The number of rotatable bonds is 4. The lowest BCUT2D eigenvalue weighted by atomic mass is 9.92. The maximum absolute atomic E-state index is 13.4. The maximum Gasteiger partial charge on any atom is 0.304 e. The van der Waals surface area contributed by atoms with Crippen molar-refractivity contribution in [3.8, 4) is 0 Å². The van der Waals surface area contributed by atoms with Crippen LogP contribution in [0.3, 0.4) is 0 Å². The van der Waals surface area contributed by atoms with E-state index in [4.69, 9.17) is 5.73 Å². The zero-order chi connectivity index (χ0) is 11.8. The van der Waals surface area contributed by atoms with Crippen molar-refractivity contribution < 1.29 is 9.31 Å². The first kappa shape index (κ1) is 11.0. The third kappa shape index (κ3) is 1.78. The van der Waals surface area contributed by atoms with Gasteiger partial charge >= 0.3 is 5.69 Å². The normalized spacial score (nSPS) is 17.1. The summed E-state index contributed by atoms with van der Waals surface area (Å²) < 4.78 is 13.4.